The van der Waals surface area contributed by atoms with Gasteiger partial charge in [-0.25, -0.2) is 0 Å². The van der Waals surface area contributed by atoms with Crippen molar-refractivity contribution in [3.8, 4) is 0 Å². The first-order valence-corrected chi connectivity index (χ1v) is 6.19. The van der Waals surface area contributed by atoms with Gasteiger partial charge in [-0.15, -0.1) is 0 Å². The van der Waals surface area contributed by atoms with E-state index in [-0.39, 0.29) is 5.91 Å². The molecule has 2 rings (SSSR count). The van der Waals surface area contributed by atoms with Crippen LogP contribution in [0.3, 0.4) is 0 Å². The number of aryl methyl sites for hydroxylation is 1. The molecule has 19 heavy (non-hydrogen) atoms. The Hall–Kier alpha value is -2.14. The lowest BCUT2D eigenvalue weighted by Crippen LogP contribution is -2.14. The molecule has 2 aromatic rings. The third kappa shape index (κ3) is 3.20. The number of anilines is 1. The average molecular weight is 259 g/mol. The van der Waals surface area contributed by atoms with Crippen molar-refractivity contribution in [2.45, 2.75) is 20.5 Å². The smallest absolute Gasteiger partial charge is 0.259 e. The number of carbonyl (C=O) groups is 1. The van der Waals surface area contributed by atoms with Crippen LogP contribution in [0.25, 0.3) is 0 Å². The van der Waals surface area contributed by atoms with E-state index < -0.39 is 0 Å². The van der Waals surface area contributed by atoms with Crippen LogP contribution < -0.4 is 5.32 Å². The van der Waals surface area contributed by atoms with E-state index in [1.807, 2.05) is 38.1 Å². The summed E-state index contributed by atoms with van der Waals surface area (Å²) in [6.45, 7) is 4.88. The van der Waals surface area contributed by atoms with Crippen LogP contribution in [0.5, 0.6) is 0 Å². The third-order valence-electron chi connectivity index (χ3n) is 2.80. The standard InChI is InChI=1S/C14H17N3O2/c1-3-19-9-11-6-4-5-7-13(11)16-14(18)12-8-15-17-10(12)2/h4-8H,3,9H2,1-2H3,(H,15,17)(H,16,18). The summed E-state index contributed by atoms with van der Waals surface area (Å²) >= 11 is 0. The van der Waals surface area contributed by atoms with Crippen LogP contribution in [0.15, 0.2) is 30.5 Å². The molecule has 0 radical (unpaired) electrons. The summed E-state index contributed by atoms with van der Waals surface area (Å²) in [5.41, 5.74) is 3.02. The maximum absolute atomic E-state index is 12.1. The highest BCUT2D eigenvalue weighted by Crippen LogP contribution is 2.17. The maximum atomic E-state index is 12.1. The molecule has 0 atom stereocenters. The Labute approximate surface area is 112 Å². The van der Waals surface area contributed by atoms with Gasteiger partial charge in [0, 0.05) is 23.6 Å². The topological polar surface area (TPSA) is 67.0 Å². The van der Waals surface area contributed by atoms with Crippen LogP contribution in [0.2, 0.25) is 0 Å². The molecule has 0 spiro atoms. The molecule has 5 heteroatoms. The Bertz CT molecular complexity index is 563. The van der Waals surface area contributed by atoms with Gasteiger partial charge in [-0.3, -0.25) is 9.89 Å². The number of H-pyrrole nitrogens is 1. The number of rotatable bonds is 5. The van der Waals surface area contributed by atoms with E-state index in [2.05, 4.69) is 15.5 Å². The highest BCUT2D eigenvalue weighted by molar-refractivity contribution is 6.05. The fourth-order valence-corrected chi connectivity index (χ4v) is 1.75. The molecule has 100 valence electrons. The maximum Gasteiger partial charge on any atom is 0.259 e. The number of ether oxygens (including phenoxy) is 1. The molecule has 2 N–H and O–H groups in total. The highest BCUT2D eigenvalue weighted by atomic mass is 16.5. The number of amides is 1. The zero-order valence-electron chi connectivity index (χ0n) is 11.1. The van der Waals surface area contributed by atoms with Gasteiger partial charge in [0.15, 0.2) is 0 Å². The summed E-state index contributed by atoms with van der Waals surface area (Å²) in [7, 11) is 0. The van der Waals surface area contributed by atoms with Gasteiger partial charge in [0.05, 0.1) is 18.4 Å². The summed E-state index contributed by atoms with van der Waals surface area (Å²) in [5.74, 6) is -0.171. The van der Waals surface area contributed by atoms with E-state index in [0.717, 1.165) is 16.9 Å². The molecule has 1 heterocycles. The summed E-state index contributed by atoms with van der Waals surface area (Å²) in [5, 5.41) is 9.48. The molecule has 1 aromatic carbocycles. The molecule has 0 aliphatic heterocycles. The average Bonchev–Trinajstić information content (AvgIpc) is 2.84. The van der Waals surface area contributed by atoms with Crippen LogP contribution in [0.4, 0.5) is 5.69 Å². The van der Waals surface area contributed by atoms with Crippen molar-refractivity contribution in [3.05, 3.63) is 47.3 Å². The number of aromatic nitrogens is 2. The Morgan fingerprint density at radius 1 is 1.42 bits per heavy atom. The number of hydrogen-bond donors (Lipinski definition) is 2. The zero-order valence-corrected chi connectivity index (χ0v) is 11.1. The minimum atomic E-state index is -0.171. The second-order valence-electron chi connectivity index (χ2n) is 4.16. The lowest BCUT2D eigenvalue weighted by molar-refractivity contribution is 0.102. The fourth-order valence-electron chi connectivity index (χ4n) is 1.75. The van der Waals surface area contributed by atoms with Gasteiger partial charge in [-0.05, 0) is 19.9 Å². The second kappa shape index (κ2) is 6.15. The predicted molar refractivity (Wildman–Crippen MR) is 73.0 cm³/mol. The molecule has 0 bridgehead atoms. The summed E-state index contributed by atoms with van der Waals surface area (Å²) in [6, 6.07) is 7.61. The van der Waals surface area contributed by atoms with Crippen LogP contribution in [-0.4, -0.2) is 22.7 Å². The minimum Gasteiger partial charge on any atom is -0.377 e. The van der Waals surface area contributed by atoms with Gasteiger partial charge in [0.2, 0.25) is 0 Å². The molecule has 1 amide bonds. The summed E-state index contributed by atoms with van der Waals surface area (Å²) in [4.78, 5) is 12.1. The van der Waals surface area contributed by atoms with Gasteiger partial charge < -0.3 is 10.1 Å². The van der Waals surface area contributed by atoms with Crippen molar-refractivity contribution in [3.63, 3.8) is 0 Å². The van der Waals surface area contributed by atoms with E-state index in [4.69, 9.17) is 4.74 Å². The van der Waals surface area contributed by atoms with E-state index in [1.54, 1.807) is 0 Å². The lowest BCUT2D eigenvalue weighted by Gasteiger charge is -2.10. The van der Waals surface area contributed by atoms with Crippen molar-refractivity contribution >= 4 is 11.6 Å². The quantitative estimate of drug-likeness (QED) is 0.867. The zero-order chi connectivity index (χ0) is 13.7. The second-order valence-corrected chi connectivity index (χ2v) is 4.16. The molecular formula is C14H17N3O2. The van der Waals surface area contributed by atoms with Crippen LogP contribution in [0, 0.1) is 6.92 Å². The number of para-hydroxylation sites is 1. The Morgan fingerprint density at radius 3 is 2.89 bits per heavy atom. The molecule has 0 aliphatic carbocycles. The van der Waals surface area contributed by atoms with Crippen molar-refractivity contribution in [2.24, 2.45) is 0 Å². The van der Waals surface area contributed by atoms with Crippen molar-refractivity contribution < 1.29 is 9.53 Å². The Balaban J connectivity index is 2.15. The first-order chi connectivity index (χ1) is 9.22. The summed E-state index contributed by atoms with van der Waals surface area (Å²) < 4.78 is 5.39. The fraction of sp³-hybridized carbons (Fsp3) is 0.286. The van der Waals surface area contributed by atoms with Gasteiger partial charge in [0.1, 0.15) is 0 Å². The molecule has 5 nitrogen and oxygen atoms in total. The number of nitrogens with one attached hydrogen (secondary N) is 2. The van der Waals surface area contributed by atoms with Crippen LogP contribution >= 0.6 is 0 Å². The first kappa shape index (κ1) is 13.3. The number of hydrogen-bond acceptors (Lipinski definition) is 3. The SMILES string of the molecule is CCOCc1ccccc1NC(=O)c1cn[nH]c1C. The van der Waals surface area contributed by atoms with Crippen molar-refractivity contribution in [2.75, 3.05) is 11.9 Å². The highest BCUT2D eigenvalue weighted by Gasteiger charge is 2.12. The number of carbonyl (C=O) groups excluding carboxylic acids is 1. The van der Waals surface area contributed by atoms with Crippen molar-refractivity contribution in [1.29, 1.82) is 0 Å². The summed E-state index contributed by atoms with van der Waals surface area (Å²) in [6.07, 6.45) is 1.52. The monoisotopic (exact) mass is 259 g/mol. The molecule has 0 unspecified atom stereocenters. The van der Waals surface area contributed by atoms with Gasteiger partial charge in [0.25, 0.3) is 5.91 Å². The van der Waals surface area contributed by atoms with Gasteiger partial charge >= 0.3 is 0 Å². The molecule has 0 aliphatic rings. The lowest BCUT2D eigenvalue weighted by atomic mass is 10.1. The molecule has 1 aromatic heterocycles. The number of nitrogens with zero attached hydrogens (tertiary/aromatic N) is 1. The van der Waals surface area contributed by atoms with E-state index in [0.29, 0.717) is 18.8 Å². The molecule has 0 saturated heterocycles. The number of aromatic amines is 1. The molecule has 0 fully saturated rings. The van der Waals surface area contributed by atoms with Crippen LogP contribution in [0.1, 0.15) is 28.5 Å². The van der Waals surface area contributed by atoms with E-state index >= 15 is 0 Å². The molecule has 0 saturated carbocycles. The van der Waals surface area contributed by atoms with Crippen LogP contribution in [-0.2, 0) is 11.3 Å². The molecular weight excluding hydrogens is 242 g/mol. The minimum absolute atomic E-state index is 0.171. The normalized spacial score (nSPS) is 10.4. The van der Waals surface area contributed by atoms with E-state index in [9.17, 15) is 4.79 Å². The Morgan fingerprint density at radius 2 is 2.21 bits per heavy atom. The predicted octanol–water partition coefficient (Wildman–Crippen LogP) is 2.51. The number of benzene rings is 1. The van der Waals surface area contributed by atoms with Gasteiger partial charge in [-0.1, -0.05) is 18.2 Å². The Kier molecular flexibility index (Phi) is 4.30. The largest absolute Gasteiger partial charge is 0.377 e. The third-order valence-corrected chi connectivity index (χ3v) is 2.80. The van der Waals surface area contributed by atoms with E-state index in [1.165, 1.54) is 6.20 Å². The first-order valence-electron chi connectivity index (χ1n) is 6.19. The van der Waals surface area contributed by atoms with Gasteiger partial charge in [-0.2, -0.15) is 5.10 Å². The van der Waals surface area contributed by atoms with Crippen molar-refractivity contribution in [1.82, 2.24) is 10.2 Å².